The van der Waals surface area contributed by atoms with Gasteiger partial charge < -0.3 is 10.6 Å². The Morgan fingerprint density at radius 1 is 0.950 bits per heavy atom. The van der Waals surface area contributed by atoms with E-state index in [1.807, 2.05) is 10.6 Å². The Balaban J connectivity index is 2.31. The molecule has 0 aromatic heterocycles. The molecule has 2 N–H and O–H groups in total. The first-order valence-electron chi connectivity index (χ1n) is 11.0. The van der Waals surface area contributed by atoms with Crippen LogP contribution in [-0.2, 0) is 11.0 Å². The van der Waals surface area contributed by atoms with E-state index in [1.165, 1.54) is 0 Å². The number of halogens is 12. The Morgan fingerprint density at radius 3 is 2.02 bits per heavy atom. The molecule has 0 saturated carbocycles. The van der Waals surface area contributed by atoms with E-state index in [2.05, 4.69) is 31.9 Å². The molecule has 2 aromatic carbocycles. The molecular weight excluding hydrogens is 715 g/mol. The zero-order valence-electron chi connectivity index (χ0n) is 20.0. The van der Waals surface area contributed by atoms with Crippen LogP contribution in [0.5, 0.6) is 0 Å². The van der Waals surface area contributed by atoms with Gasteiger partial charge in [0.25, 0.3) is 5.91 Å². The highest BCUT2D eigenvalue weighted by Crippen LogP contribution is 2.41. The number of rotatable bonds is 8. The predicted octanol–water partition coefficient (Wildman–Crippen LogP) is 8.78. The quantitative estimate of drug-likeness (QED) is 0.162. The van der Waals surface area contributed by atoms with E-state index < -0.39 is 66.4 Å². The van der Waals surface area contributed by atoms with Crippen molar-refractivity contribution in [2.75, 3.05) is 0 Å². The summed E-state index contributed by atoms with van der Waals surface area (Å²) in [4.78, 5) is 24.1. The fraction of sp³-hybridized carbons (Fsp3) is 0.333. The Morgan fingerprint density at radius 2 is 1.52 bits per heavy atom. The van der Waals surface area contributed by atoms with Crippen molar-refractivity contribution in [3.05, 3.63) is 72.6 Å². The van der Waals surface area contributed by atoms with Crippen molar-refractivity contribution in [2.45, 2.75) is 50.4 Å². The molecule has 2 atom stereocenters. The molecule has 220 valence electrons. The van der Waals surface area contributed by atoms with Crippen LogP contribution >= 0.6 is 43.5 Å². The van der Waals surface area contributed by atoms with Crippen LogP contribution < -0.4 is 10.6 Å². The first-order valence-corrected chi connectivity index (χ1v) is 12.9. The molecule has 0 bridgehead atoms. The second-order valence-electron chi connectivity index (χ2n) is 8.36. The smallest absolute Gasteiger partial charge is 0.336 e. The van der Waals surface area contributed by atoms with Crippen molar-refractivity contribution in [1.82, 2.24) is 10.6 Å². The summed E-state index contributed by atoms with van der Waals surface area (Å²) in [5.41, 5.74) is -2.97. The largest absolute Gasteiger partial charge is 0.417 e. The molecule has 4 nitrogen and oxygen atoms in total. The summed E-state index contributed by atoms with van der Waals surface area (Å²) in [6.45, 7) is 1.12. The first-order chi connectivity index (χ1) is 18.2. The van der Waals surface area contributed by atoms with Crippen LogP contribution in [0, 0.1) is 0 Å². The van der Waals surface area contributed by atoms with Crippen LogP contribution in [0.25, 0.3) is 6.08 Å². The van der Waals surface area contributed by atoms with Crippen LogP contribution in [0.1, 0.15) is 52.7 Å². The first kappa shape index (κ1) is 33.9. The van der Waals surface area contributed by atoms with Gasteiger partial charge in [0.2, 0.25) is 5.91 Å². The van der Waals surface area contributed by atoms with E-state index in [0.717, 1.165) is 37.3 Å². The van der Waals surface area contributed by atoms with E-state index in [1.54, 1.807) is 0 Å². The molecule has 2 amide bonds. The summed E-state index contributed by atoms with van der Waals surface area (Å²) in [5, 5.41) is 4.15. The number of amides is 2. The second kappa shape index (κ2) is 13.1. The molecule has 0 heterocycles. The minimum Gasteiger partial charge on any atom is -0.336 e. The summed E-state index contributed by atoms with van der Waals surface area (Å²) in [6.07, 6.45) is -16.8. The van der Waals surface area contributed by atoms with Crippen LogP contribution in [-0.4, -0.2) is 30.3 Å². The number of hydrogen-bond donors (Lipinski definition) is 2. The van der Waals surface area contributed by atoms with Gasteiger partial charge in [-0.25, -0.2) is 0 Å². The molecule has 0 aliphatic carbocycles. The summed E-state index contributed by atoms with van der Waals surface area (Å²) < 4.78 is 120. The van der Waals surface area contributed by atoms with Gasteiger partial charge in [-0.3, -0.25) is 9.59 Å². The van der Waals surface area contributed by atoms with Gasteiger partial charge >= 0.3 is 18.5 Å². The predicted molar refractivity (Wildman–Crippen MR) is 136 cm³/mol. The zero-order valence-corrected chi connectivity index (χ0v) is 23.9. The number of allylic oxidation sites excluding steroid dienone is 1. The van der Waals surface area contributed by atoms with Crippen molar-refractivity contribution in [3.8, 4) is 0 Å². The SMILES string of the molecule is C[C@H](NC(=O)CCC(F)(F)F)NC(=O)c1ccc(/C=C/C(c2cc(Br)c(Cl)c(Br)c2)C(F)(F)F)cc1C(F)(F)F. The summed E-state index contributed by atoms with van der Waals surface area (Å²) >= 11 is 12.0. The number of carbonyl (C=O) groups is 2. The van der Waals surface area contributed by atoms with Gasteiger partial charge in [-0.15, -0.1) is 0 Å². The minimum atomic E-state index is -5.11. The maximum absolute atomic E-state index is 13.8. The van der Waals surface area contributed by atoms with Gasteiger partial charge in [-0.2, -0.15) is 39.5 Å². The lowest BCUT2D eigenvalue weighted by Crippen LogP contribution is -2.46. The lowest BCUT2D eigenvalue weighted by molar-refractivity contribution is -0.144. The van der Waals surface area contributed by atoms with E-state index in [-0.39, 0.29) is 25.1 Å². The maximum Gasteiger partial charge on any atom is 0.417 e. The van der Waals surface area contributed by atoms with Crippen molar-refractivity contribution < 1.29 is 49.1 Å². The average Bonchev–Trinajstić information content (AvgIpc) is 2.79. The third-order valence-electron chi connectivity index (χ3n) is 5.15. The highest BCUT2D eigenvalue weighted by Gasteiger charge is 2.40. The highest BCUT2D eigenvalue weighted by molar-refractivity contribution is 9.11. The third kappa shape index (κ3) is 9.98. The molecule has 0 aliphatic heterocycles. The summed E-state index contributed by atoms with van der Waals surface area (Å²) in [5.74, 6) is -4.65. The van der Waals surface area contributed by atoms with Crippen LogP contribution in [0.15, 0.2) is 45.4 Å². The molecule has 1 unspecified atom stereocenters. The standard InChI is InChI=1S/C24H18Br2ClF9N2O2/c1-11(37-19(39)6-7-22(28,29)30)38-21(40)14-4-2-12(8-16(14)24(34,35)36)3-5-15(23(31,32)33)13-9-17(25)20(27)18(26)10-13/h2-5,8-11,15H,6-7H2,1H3,(H,37,39)(H,38,40)/b5-3+/t11-,15?/m1/s1. The van der Waals surface area contributed by atoms with Crippen molar-refractivity contribution in [1.29, 1.82) is 0 Å². The van der Waals surface area contributed by atoms with E-state index in [9.17, 15) is 49.1 Å². The second-order valence-corrected chi connectivity index (χ2v) is 10.4. The fourth-order valence-electron chi connectivity index (χ4n) is 3.35. The van der Waals surface area contributed by atoms with Crippen molar-refractivity contribution in [2.24, 2.45) is 0 Å². The highest BCUT2D eigenvalue weighted by atomic mass is 79.9. The number of nitrogens with one attached hydrogen (secondary N) is 2. The lowest BCUT2D eigenvalue weighted by Gasteiger charge is -2.19. The summed E-state index contributed by atoms with van der Waals surface area (Å²) in [6, 6.07) is 4.42. The van der Waals surface area contributed by atoms with E-state index in [4.69, 9.17) is 11.6 Å². The number of hydrogen-bond acceptors (Lipinski definition) is 2. The number of carbonyl (C=O) groups excluding carboxylic acids is 2. The van der Waals surface area contributed by atoms with Crippen LogP contribution in [0.4, 0.5) is 39.5 Å². The Bertz CT molecular complexity index is 1260. The van der Waals surface area contributed by atoms with Crippen LogP contribution in [0.3, 0.4) is 0 Å². The maximum atomic E-state index is 13.8. The van der Waals surface area contributed by atoms with Gasteiger partial charge in [0.1, 0.15) is 0 Å². The normalized spacial score (nSPS) is 14.2. The Kier molecular flexibility index (Phi) is 11.2. The molecule has 0 saturated heterocycles. The van der Waals surface area contributed by atoms with Gasteiger partial charge in [0.05, 0.1) is 34.7 Å². The molecule has 0 aliphatic rings. The van der Waals surface area contributed by atoms with Gasteiger partial charge in [-0.05, 0) is 74.2 Å². The monoisotopic (exact) mass is 730 g/mol. The van der Waals surface area contributed by atoms with Gasteiger partial charge in [-0.1, -0.05) is 29.8 Å². The van der Waals surface area contributed by atoms with Gasteiger partial charge in [0, 0.05) is 15.4 Å². The fourth-order valence-corrected chi connectivity index (χ4v) is 4.68. The molecular formula is C24H18Br2ClF9N2O2. The Labute approximate surface area is 243 Å². The molecule has 0 spiro atoms. The molecule has 40 heavy (non-hydrogen) atoms. The molecule has 16 heteroatoms. The van der Waals surface area contributed by atoms with Crippen molar-refractivity contribution >= 4 is 61.4 Å². The summed E-state index contributed by atoms with van der Waals surface area (Å²) in [7, 11) is 0. The minimum absolute atomic E-state index is 0.118. The van der Waals surface area contributed by atoms with Crippen molar-refractivity contribution in [3.63, 3.8) is 0 Å². The zero-order chi connectivity index (χ0) is 30.6. The van der Waals surface area contributed by atoms with Gasteiger partial charge in [0.15, 0.2) is 0 Å². The molecule has 0 radical (unpaired) electrons. The lowest BCUT2D eigenvalue weighted by atomic mass is 9.96. The third-order valence-corrected chi connectivity index (χ3v) is 7.27. The Hall–Kier alpha value is -2.26. The van der Waals surface area contributed by atoms with E-state index in [0.29, 0.717) is 12.1 Å². The average molecular weight is 733 g/mol. The number of alkyl halides is 9. The molecule has 2 aromatic rings. The topological polar surface area (TPSA) is 58.2 Å². The number of benzene rings is 2. The van der Waals surface area contributed by atoms with E-state index >= 15 is 0 Å². The molecule has 2 rings (SSSR count). The molecule has 0 fully saturated rings. The van der Waals surface area contributed by atoms with Crippen LogP contribution in [0.2, 0.25) is 5.02 Å².